The Labute approximate surface area is 193 Å². The maximum Gasteiger partial charge on any atom is 0.224 e. The van der Waals surface area contributed by atoms with Gasteiger partial charge >= 0.3 is 0 Å². The molecule has 0 saturated heterocycles. The number of ether oxygens (including phenoxy) is 1. The molecule has 1 aliphatic rings. The number of hydrogen-bond donors (Lipinski definition) is 1. The minimum Gasteiger partial charge on any atom is -0.496 e. The third-order valence-corrected chi connectivity index (χ3v) is 6.88. The van der Waals surface area contributed by atoms with Crippen molar-refractivity contribution in [2.75, 3.05) is 19.0 Å². The SMILES string of the molecule is COc1ccccc1CCC(=O)Nc1ccc2c(c1)CN(Cc1csc(C(C)=O)c1)CC2. The molecule has 2 aromatic carbocycles. The van der Waals surface area contributed by atoms with Crippen LogP contribution < -0.4 is 10.1 Å². The van der Waals surface area contributed by atoms with Crippen molar-refractivity contribution in [1.82, 2.24) is 4.90 Å². The van der Waals surface area contributed by atoms with Gasteiger partial charge in [0.2, 0.25) is 5.91 Å². The number of hydrogen-bond acceptors (Lipinski definition) is 5. The summed E-state index contributed by atoms with van der Waals surface area (Å²) in [4.78, 5) is 27.3. The van der Waals surface area contributed by atoms with Crippen LogP contribution in [0.3, 0.4) is 0 Å². The summed E-state index contributed by atoms with van der Waals surface area (Å²) in [6.07, 6.45) is 2.03. The maximum atomic E-state index is 12.5. The predicted molar refractivity (Wildman–Crippen MR) is 129 cm³/mol. The van der Waals surface area contributed by atoms with Gasteiger partial charge in [-0.3, -0.25) is 14.5 Å². The Bertz CT molecular complexity index is 1120. The molecule has 4 rings (SSSR count). The highest BCUT2D eigenvalue weighted by Crippen LogP contribution is 2.26. The number of thiophene rings is 1. The number of Topliss-reactive ketones (excluding diaryl/α,β-unsaturated/α-hetero) is 1. The van der Waals surface area contributed by atoms with Crippen LogP contribution in [-0.4, -0.2) is 30.2 Å². The van der Waals surface area contributed by atoms with Crippen LogP contribution in [-0.2, 0) is 30.7 Å². The van der Waals surface area contributed by atoms with E-state index in [1.807, 2.05) is 36.4 Å². The number of methoxy groups -OCH3 is 1. The van der Waals surface area contributed by atoms with Gasteiger partial charge in [0.15, 0.2) is 5.78 Å². The van der Waals surface area contributed by atoms with E-state index in [0.29, 0.717) is 12.8 Å². The Kier molecular flexibility index (Phi) is 7.02. The van der Waals surface area contributed by atoms with Crippen molar-refractivity contribution < 1.29 is 14.3 Å². The number of benzene rings is 2. The van der Waals surface area contributed by atoms with Gasteiger partial charge in [-0.1, -0.05) is 24.3 Å². The van der Waals surface area contributed by atoms with E-state index in [0.717, 1.165) is 47.9 Å². The Hall–Kier alpha value is -2.96. The summed E-state index contributed by atoms with van der Waals surface area (Å²) in [6.45, 7) is 4.27. The molecule has 2 heterocycles. The second-order valence-corrected chi connectivity index (χ2v) is 9.09. The number of anilines is 1. The maximum absolute atomic E-state index is 12.5. The van der Waals surface area contributed by atoms with Crippen molar-refractivity contribution in [1.29, 1.82) is 0 Å². The molecule has 0 saturated carbocycles. The summed E-state index contributed by atoms with van der Waals surface area (Å²) in [7, 11) is 1.65. The highest BCUT2D eigenvalue weighted by atomic mass is 32.1. The van der Waals surface area contributed by atoms with Crippen molar-refractivity contribution in [2.45, 2.75) is 39.3 Å². The van der Waals surface area contributed by atoms with Crippen molar-refractivity contribution in [2.24, 2.45) is 0 Å². The van der Waals surface area contributed by atoms with Crippen LogP contribution in [0.5, 0.6) is 5.75 Å². The number of fused-ring (bicyclic) bond motifs is 1. The Morgan fingerprint density at radius 3 is 2.75 bits per heavy atom. The highest BCUT2D eigenvalue weighted by molar-refractivity contribution is 7.12. The summed E-state index contributed by atoms with van der Waals surface area (Å²) in [5, 5.41) is 5.12. The second kappa shape index (κ2) is 10.1. The largest absolute Gasteiger partial charge is 0.496 e. The first-order valence-corrected chi connectivity index (χ1v) is 11.7. The summed E-state index contributed by atoms with van der Waals surface area (Å²) in [6, 6.07) is 16.0. The third-order valence-electron chi connectivity index (χ3n) is 5.80. The lowest BCUT2D eigenvalue weighted by molar-refractivity contribution is -0.116. The van der Waals surface area contributed by atoms with Gasteiger partial charge in [-0.25, -0.2) is 0 Å². The van der Waals surface area contributed by atoms with Gasteiger partial charge in [0, 0.05) is 31.7 Å². The number of carbonyl (C=O) groups excluding carboxylic acids is 2. The number of amides is 1. The lowest BCUT2D eigenvalue weighted by atomic mass is 9.98. The normalized spacial score (nSPS) is 13.4. The zero-order valence-electron chi connectivity index (χ0n) is 18.5. The lowest BCUT2D eigenvalue weighted by Crippen LogP contribution is -2.30. The van der Waals surface area contributed by atoms with Gasteiger partial charge in [-0.2, -0.15) is 0 Å². The van der Waals surface area contributed by atoms with Crippen LogP contribution in [0.25, 0.3) is 0 Å². The van der Waals surface area contributed by atoms with Gasteiger partial charge in [0.05, 0.1) is 12.0 Å². The van der Waals surface area contributed by atoms with E-state index < -0.39 is 0 Å². The van der Waals surface area contributed by atoms with E-state index in [-0.39, 0.29) is 11.7 Å². The van der Waals surface area contributed by atoms with Crippen molar-refractivity contribution >= 4 is 28.7 Å². The van der Waals surface area contributed by atoms with Crippen LogP contribution in [0.1, 0.15) is 45.3 Å². The number of aryl methyl sites for hydroxylation is 1. The van der Waals surface area contributed by atoms with Crippen LogP contribution in [0.2, 0.25) is 0 Å². The Morgan fingerprint density at radius 2 is 1.97 bits per heavy atom. The Balaban J connectivity index is 1.35. The number of rotatable bonds is 8. The van der Waals surface area contributed by atoms with Crippen molar-refractivity contribution in [3.63, 3.8) is 0 Å². The van der Waals surface area contributed by atoms with Crippen LogP contribution in [0, 0.1) is 0 Å². The zero-order chi connectivity index (χ0) is 22.5. The number of nitrogens with one attached hydrogen (secondary N) is 1. The first-order chi connectivity index (χ1) is 15.5. The highest BCUT2D eigenvalue weighted by Gasteiger charge is 2.18. The summed E-state index contributed by atoms with van der Waals surface area (Å²) in [5.41, 5.74) is 5.64. The molecular formula is C26H28N2O3S. The van der Waals surface area contributed by atoms with E-state index in [9.17, 15) is 9.59 Å². The van der Waals surface area contributed by atoms with Gasteiger partial charge < -0.3 is 10.1 Å². The number of ketones is 1. The van der Waals surface area contributed by atoms with E-state index in [1.54, 1.807) is 14.0 Å². The molecule has 6 heteroatoms. The fourth-order valence-corrected chi connectivity index (χ4v) is 4.92. The van der Waals surface area contributed by atoms with Gasteiger partial charge in [0.1, 0.15) is 5.75 Å². The molecule has 32 heavy (non-hydrogen) atoms. The standard InChI is InChI=1S/C26H28N2O3S/c1-18(29)25-13-19(17-32-25)15-28-12-11-20-7-9-23(14-22(20)16-28)27-26(30)10-8-21-5-3-4-6-24(21)31-2/h3-7,9,13-14,17H,8,10-12,15-16H2,1-2H3,(H,27,30). The molecule has 166 valence electrons. The molecule has 0 bridgehead atoms. The van der Waals surface area contributed by atoms with Gasteiger partial charge in [-0.05, 0) is 71.7 Å². The fraction of sp³-hybridized carbons (Fsp3) is 0.308. The number of nitrogens with zero attached hydrogens (tertiary/aromatic N) is 1. The number of para-hydroxylation sites is 1. The molecule has 0 aliphatic carbocycles. The van der Waals surface area contributed by atoms with E-state index in [1.165, 1.54) is 28.0 Å². The molecule has 0 radical (unpaired) electrons. The van der Waals surface area contributed by atoms with Crippen molar-refractivity contribution in [3.05, 3.63) is 81.0 Å². The minimum atomic E-state index is -0.00134. The van der Waals surface area contributed by atoms with Gasteiger partial charge in [-0.15, -0.1) is 11.3 Å². The second-order valence-electron chi connectivity index (χ2n) is 8.18. The lowest BCUT2D eigenvalue weighted by Gasteiger charge is -2.29. The molecule has 1 aromatic heterocycles. The quantitative estimate of drug-likeness (QED) is 0.488. The molecular weight excluding hydrogens is 420 g/mol. The molecule has 0 fully saturated rings. The average molecular weight is 449 g/mol. The molecule has 1 N–H and O–H groups in total. The van der Waals surface area contributed by atoms with Gasteiger partial charge in [0.25, 0.3) is 0 Å². The van der Waals surface area contributed by atoms with E-state index in [4.69, 9.17) is 4.74 Å². The summed E-state index contributed by atoms with van der Waals surface area (Å²) < 4.78 is 5.37. The minimum absolute atomic E-state index is 0.00134. The molecule has 3 aromatic rings. The molecule has 0 atom stereocenters. The van der Waals surface area contributed by atoms with Crippen LogP contribution >= 0.6 is 11.3 Å². The monoisotopic (exact) mass is 448 g/mol. The Morgan fingerprint density at radius 1 is 1.12 bits per heavy atom. The average Bonchev–Trinajstić information content (AvgIpc) is 3.26. The number of carbonyl (C=O) groups is 2. The molecule has 1 aliphatic heterocycles. The topological polar surface area (TPSA) is 58.6 Å². The summed E-state index contributed by atoms with van der Waals surface area (Å²) in [5.74, 6) is 0.935. The first kappa shape index (κ1) is 22.2. The summed E-state index contributed by atoms with van der Waals surface area (Å²) >= 11 is 1.51. The molecule has 5 nitrogen and oxygen atoms in total. The van der Waals surface area contributed by atoms with Crippen molar-refractivity contribution in [3.8, 4) is 5.75 Å². The molecule has 1 amide bonds. The zero-order valence-corrected chi connectivity index (χ0v) is 19.3. The predicted octanol–water partition coefficient (Wildman–Crippen LogP) is 5.09. The fourth-order valence-electron chi connectivity index (χ4n) is 4.11. The first-order valence-electron chi connectivity index (χ1n) is 10.9. The molecule has 0 spiro atoms. The smallest absolute Gasteiger partial charge is 0.224 e. The van der Waals surface area contributed by atoms with Crippen LogP contribution in [0.15, 0.2) is 53.9 Å². The third kappa shape index (κ3) is 5.44. The van der Waals surface area contributed by atoms with E-state index >= 15 is 0 Å². The molecule has 0 unspecified atom stereocenters. The van der Waals surface area contributed by atoms with E-state index in [2.05, 4.69) is 27.7 Å². The van der Waals surface area contributed by atoms with Crippen LogP contribution in [0.4, 0.5) is 5.69 Å².